The second-order valence-corrected chi connectivity index (χ2v) is 5.19. The minimum atomic E-state index is 0.0958. The molecule has 0 heterocycles. The standard InChI is InChI=1S/C18H24N2O/c1-3-20(4-2)13-12-19-18(21)14-16-10-7-9-15-8-5-6-11-17(15)16/h5-11H,3-4,12-14H2,1-2H3,(H,19,21). The van der Waals surface area contributed by atoms with E-state index in [1.165, 1.54) is 10.8 Å². The highest BCUT2D eigenvalue weighted by Gasteiger charge is 2.07. The zero-order valence-corrected chi connectivity index (χ0v) is 12.9. The minimum Gasteiger partial charge on any atom is -0.355 e. The van der Waals surface area contributed by atoms with Gasteiger partial charge in [0.1, 0.15) is 0 Å². The molecule has 2 aromatic rings. The highest BCUT2D eigenvalue weighted by molar-refractivity contribution is 5.90. The van der Waals surface area contributed by atoms with E-state index in [0.29, 0.717) is 13.0 Å². The maximum Gasteiger partial charge on any atom is 0.224 e. The number of amides is 1. The van der Waals surface area contributed by atoms with E-state index in [1.54, 1.807) is 0 Å². The van der Waals surface area contributed by atoms with Crippen molar-refractivity contribution in [3.05, 3.63) is 48.0 Å². The fourth-order valence-corrected chi connectivity index (χ4v) is 2.58. The van der Waals surface area contributed by atoms with E-state index in [1.807, 2.05) is 24.3 Å². The van der Waals surface area contributed by atoms with Gasteiger partial charge in [-0.3, -0.25) is 4.79 Å². The van der Waals surface area contributed by atoms with Crippen LogP contribution < -0.4 is 5.32 Å². The second-order valence-electron chi connectivity index (χ2n) is 5.19. The lowest BCUT2D eigenvalue weighted by Crippen LogP contribution is -2.35. The zero-order valence-electron chi connectivity index (χ0n) is 12.9. The van der Waals surface area contributed by atoms with E-state index in [9.17, 15) is 4.79 Å². The van der Waals surface area contributed by atoms with Gasteiger partial charge in [0.2, 0.25) is 5.91 Å². The predicted octanol–water partition coefficient (Wildman–Crippen LogP) is 2.84. The normalized spacial score (nSPS) is 11.0. The first-order valence-corrected chi connectivity index (χ1v) is 7.70. The molecular weight excluding hydrogens is 260 g/mol. The molecule has 2 aromatic carbocycles. The smallest absolute Gasteiger partial charge is 0.224 e. The summed E-state index contributed by atoms with van der Waals surface area (Å²) in [4.78, 5) is 14.4. The average molecular weight is 284 g/mol. The van der Waals surface area contributed by atoms with Gasteiger partial charge in [-0.05, 0) is 29.4 Å². The van der Waals surface area contributed by atoms with Gasteiger partial charge in [-0.15, -0.1) is 0 Å². The molecule has 0 atom stereocenters. The maximum absolute atomic E-state index is 12.1. The molecule has 1 N–H and O–H groups in total. The van der Waals surface area contributed by atoms with Crippen LogP contribution in [-0.4, -0.2) is 37.0 Å². The number of fused-ring (bicyclic) bond motifs is 1. The number of likely N-dealkylation sites (N-methyl/N-ethyl adjacent to an activating group) is 1. The Kier molecular flexibility index (Phi) is 5.76. The predicted molar refractivity (Wildman–Crippen MR) is 88.4 cm³/mol. The lowest BCUT2D eigenvalue weighted by molar-refractivity contribution is -0.120. The number of benzene rings is 2. The van der Waals surface area contributed by atoms with E-state index in [-0.39, 0.29) is 5.91 Å². The first-order valence-electron chi connectivity index (χ1n) is 7.70. The Balaban J connectivity index is 1.93. The number of nitrogens with one attached hydrogen (secondary N) is 1. The van der Waals surface area contributed by atoms with Gasteiger partial charge in [0, 0.05) is 13.1 Å². The molecular formula is C18H24N2O. The largest absolute Gasteiger partial charge is 0.355 e. The Hall–Kier alpha value is -1.87. The van der Waals surface area contributed by atoms with E-state index in [2.05, 4.69) is 42.3 Å². The molecule has 0 fully saturated rings. The summed E-state index contributed by atoms with van der Waals surface area (Å²) in [5, 5.41) is 5.37. The molecule has 0 aromatic heterocycles. The minimum absolute atomic E-state index is 0.0958. The van der Waals surface area contributed by atoms with Crippen LogP contribution in [-0.2, 0) is 11.2 Å². The fourth-order valence-electron chi connectivity index (χ4n) is 2.58. The summed E-state index contributed by atoms with van der Waals surface area (Å²) in [5.41, 5.74) is 1.09. The van der Waals surface area contributed by atoms with Crippen LogP contribution in [0.15, 0.2) is 42.5 Å². The highest BCUT2D eigenvalue weighted by Crippen LogP contribution is 2.18. The molecule has 0 saturated carbocycles. The third kappa shape index (κ3) is 4.30. The maximum atomic E-state index is 12.1. The van der Waals surface area contributed by atoms with Crippen molar-refractivity contribution in [1.82, 2.24) is 10.2 Å². The van der Waals surface area contributed by atoms with Crippen molar-refractivity contribution in [2.45, 2.75) is 20.3 Å². The van der Waals surface area contributed by atoms with Crippen molar-refractivity contribution in [3.8, 4) is 0 Å². The molecule has 0 bridgehead atoms. The molecule has 21 heavy (non-hydrogen) atoms. The van der Waals surface area contributed by atoms with Gasteiger partial charge in [-0.1, -0.05) is 56.3 Å². The van der Waals surface area contributed by atoms with Gasteiger partial charge in [-0.25, -0.2) is 0 Å². The quantitative estimate of drug-likeness (QED) is 0.848. The summed E-state index contributed by atoms with van der Waals surface area (Å²) >= 11 is 0. The zero-order chi connectivity index (χ0) is 15.1. The van der Waals surface area contributed by atoms with Crippen LogP contribution in [0.4, 0.5) is 0 Å². The van der Waals surface area contributed by atoms with Crippen LogP contribution in [0.3, 0.4) is 0 Å². The molecule has 3 nitrogen and oxygen atoms in total. The van der Waals surface area contributed by atoms with Crippen LogP contribution >= 0.6 is 0 Å². The molecule has 0 radical (unpaired) electrons. The Morgan fingerprint density at radius 2 is 1.76 bits per heavy atom. The summed E-state index contributed by atoms with van der Waals surface area (Å²) < 4.78 is 0. The molecule has 0 spiro atoms. The molecule has 1 amide bonds. The average Bonchev–Trinajstić information content (AvgIpc) is 2.52. The van der Waals surface area contributed by atoms with Gasteiger partial charge in [0.25, 0.3) is 0 Å². The number of carbonyl (C=O) groups excluding carboxylic acids is 1. The van der Waals surface area contributed by atoms with Crippen molar-refractivity contribution >= 4 is 16.7 Å². The van der Waals surface area contributed by atoms with Crippen molar-refractivity contribution in [2.24, 2.45) is 0 Å². The summed E-state index contributed by atoms with van der Waals surface area (Å²) in [6, 6.07) is 14.3. The number of rotatable bonds is 7. The van der Waals surface area contributed by atoms with Gasteiger partial charge < -0.3 is 10.2 Å². The molecule has 0 aliphatic heterocycles. The lowest BCUT2D eigenvalue weighted by Gasteiger charge is -2.18. The number of carbonyl (C=O) groups is 1. The van der Waals surface area contributed by atoms with Crippen LogP contribution in [0.1, 0.15) is 19.4 Å². The third-order valence-corrected chi connectivity index (χ3v) is 3.88. The van der Waals surface area contributed by atoms with Gasteiger partial charge in [-0.2, -0.15) is 0 Å². The van der Waals surface area contributed by atoms with E-state index < -0.39 is 0 Å². The highest BCUT2D eigenvalue weighted by atomic mass is 16.1. The number of hydrogen-bond acceptors (Lipinski definition) is 2. The first-order chi connectivity index (χ1) is 10.2. The Morgan fingerprint density at radius 3 is 2.52 bits per heavy atom. The Morgan fingerprint density at radius 1 is 1.05 bits per heavy atom. The second kappa shape index (κ2) is 7.79. The van der Waals surface area contributed by atoms with Crippen LogP contribution in [0.25, 0.3) is 10.8 Å². The van der Waals surface area contributed by atoms with E-state index in [4.69, 9.17) is 0 Å². The van der Waals surface area contributed by atoms with Crippen molar-refractivity contribution in [3.63, 3.8) is 0 Å². The summed E-state index contributed by atoms with van der Waals surface area (Å²) in [5.74, 6) is 0.0958. The molecule has 3 heteroatoms. The molecule has 0 aliphatic carbocycles. The molecule has 0 unspecified atom stereocenters. The Bertz CT molecular complexity index is 585. The van der Waals surface area contributed by atoms with E-state index >= 15 is 0 Å². The number of nitrogens with zero attached hydrogens (tertiary/aromatic N) is 1. The fraction of sp³-hybridized carbons (Fsp3) is 0.389. The summed E-state index contributed by atoms with van der Waals surface area (Å²) in [7, 11) is 0. The van der Waals surface area contributed by atoms with Crippen LogP contribution in [0, 0.1) is 0 Å². The Labute approximate surface area is 127 Å². The van der Waals surface area contributed by atoms with E-state index in [0.717, 1.165) is 25.2 Å². The molecule has 112 valence electrons. The van der Waals surface area contributed by atoms with Crippen LogP contribution in [0.2, 0.25) is 0 Å². The summed E-state index contributed by atoms with van der Waals surface area (Å²) in [6.45, 7) is 7.95. The van der Waals surface area contributed by atoms with Crippen molar-refractivity contribution in [2.75, 3.05) is 26.2 Å². The monoisotopic (exact) mass is 284 g/mol. The lowest BCUT2D eigenvalue weighted by atomic mass is 10.0. The molecule has 0 aliphatic rings. The third-order valence-electron chi connectivity index (χ3n) is 3.88. The van der Waals surface area contributed by atoms with Gasteiger partial charge >= 0.3 is 0 Å². The van der Waals surface area contributed by atoms with Crippen molar-refractivity contribution < 1.29 is 4.79 Å². The van der Waals surface area contributed by atoms with Gasteiger partial charge in [0.05, 0.1) is 6.42 Å². The van der Waals surface area contributed by atoms with Gasteiger partial charge in [0.15, 0.2) is 0 Å². The first kappa shape index (κ1) is 15.5. The van der Waals surface area contributed by atoms with Crippen molar-refractivity contribution in [1.29, 1.82) is 0 Å². The number of hydrogen-bond donors (Lipinski definition) is 1. The molecule has 0 saturated heterocycles. The topological polar surface area (TPSA) is 32.3 Å². The molecule has 2 rings (SSSR count). The van der Waals surface area contributed by atoms with Crippen LogP contribution in [0.5, 0.6) is 0 Å². The SMILES string of the molecule is CCN(CC)CCNC(=O)Cc1cccc2ccccc12. The summed E-state index contributed by atoms with van der Waals surface area (Å²) in [6.07, 6.45) is 0.444.